The van der Waals surface area contributed by atoms with Gasteiger partial charge in [-0.15, -0.1) is 0 Å². The smallest absolute Gasteiger partial charge is 0.411 e. The SMILES string of the molecule is Cc1nn(C(F)F)cc1S(=O)(=O)N1C[C@@H](CN2CC[C@@H](O)C2)Cc2ncc(NC(=O)OCC(C)(C)C)cc21. The second kappa shape index (κ2) is 10.7. The summed E-state index contributed by atoms with van der Waals surface area (Å²) in [6.45, 7) is 6.12. The number of fused-ring (bicyclic) bond motifs is 1. The number of aromatic nitrogens is 3. The highest BCUT2D eigenvalue weighted by molar-refractivity contribution is 7.92. The summed E-state index contributed by atoms with van der Waals surface area (Å²) in [6.07, 6.45) is 2.26. The van der Waals surface area contributed by atoms with Crippen LogP contribution in [0.15, 0.2) is 23.4 Å². The molecule has 0 radical (unpaired) electrons. The molecule has 0 spiro atoms. The molecule has 2 aromatic rings. The number of halogens is 2. The van der Waals surface area contributed by atoms with E-state index < -0.39 is 28.8 Å². The highest BCUT2D eigenvalue weighted by Gasteiger charge is 2.38. The lowest BCUT2D eigenvalue weighted by Crippen LogP contribution is -2.44. The van der Waals surface area contributed by atoms with Gasteiger partial charge in [0.2, 0.25) is 0 Å². The van der Waals surface area contributed by atoms with Crippen molar-refractivity contribution in [3.8, 4) is 0 Å². The fraction of sp³-hybridized carbons (Fsp3) is 0.625. The van der Waals surface area contributed by atoms with Crippen LogP contribution >= 0.6 is 0 Å². The first-order chi connectivity index (χ1) is 17.7. The van der Waals surface area contributed by atoms with Crippen LogP contribution < -0.4 is 9.62 Å². The molecule has 0 aromatic carbocycles. The molecule has 2 N–H and O–H groups in total. The Morgan fingerprint density at radius 1 is 1.32 bits per heavy atom. The molecule has 4 rings (SSSR count). The number of aliphatic hydroxyl groups is 1. The Hall–Kier alpha value is -2.84. The zero-order valence-corrected chi connectivity index (χ0v) is 22.7. The molecule has 2 aliphatic rings. The monoisotopic (exact) mass is 556 g/mol. The third kappa shape index (κ3) is 6.41. The number of hydrogen-bond acceptors (Lipinski definition) is 8. The summed E-state index contributed by atoms with van der Waals surface area (Å²) in [5.74, 6) is -0.156. The van der Waals surface area contributed by atoms with Gasteiger partial charge in [-0.1, -0.05) is 20.8 Å². The number of likely N-dealkylation sites (tertiary alicyclic amines) is 1. The molecule has 11 nitrogen and oxygen atoms in total. The summed E-state index contributed by atoms with van der Waals surface area (Å²) in [7, 11) is -4.31. The first-order valence-corrected chi connectivity index (χ1v) is 13.9. The lowest BCUT2D eigenvalue weighted by Gasteiger charge is -2.36. The van der Waals surface area contributed by atoms with E-state index in [4.69, 9.17) is 4.74 Å². The Balaban J connectivity index is 1.66. The van der Waals surface area contributed by atoms with Crippen LogP contribution in [0.5, 0.6) is 0 Å². The molecule has 1 fully saturated rings. The lowest BCUT2D eigenvalue weighted by molar-refractivity contribution is 0.0561. The Bertz CT molecular complexity index is 1280. The number of carbonyl (C=O) groups excluding carboxylic acids is 1. The molecule has 14 heteroatoms. The number of nitrogens with zero attached hydrogens (tertiary/aromatic N) is 5. The number of nitrogens with one attached hydrogen (secondary N) is 1. The third-order valence-electron chi connectivity index (χ3n) is 6.41. The van der Waals surface area contributed by atoms with E-state index in [-0.39, 0.29) is 46.4 Å². The summed E-state index contributed by atoms with van der Waals surface area (Å²) >= 11 is 0. The van der Waals surface area contributed by atoms with E-state index in [1.54, 1.807) is 0 Å². The molecule has 210 valence electrons. The van der Waals surface area contributed by atoms with E-state index in [0.717, 1.165) is 10.5 Å². The average Bonchev–Trinajstić information content (AvgIpc) is 3.42. The maximum absolute atomic E-state index is 13.8. The molecule has 0 bridgehead atoms. The van der Waals surface area contributed by atoms with Gasteiger partial charge in [-0.3, -0.25) is 14.6 Å². The first kappa shape index (κ1) is 28.2. The quantitative estimate of drug-likeness (QED) is 0.533. The van der Waals surface area contributed by atoms with Gasteiger partial charge in [0.05, 0.1) is 47.9 Å². The molecule has 2 aliphatic heterocycles. The number of amides is 1. The number of ether oxygens (including phenoxy) is 1. The first-order valence-electron chi connectivity index (χ1n) is 12.4. The minimum atomic E-state index is -4.31. The zero-order valence-electron chi connectivity index (χ0n) is 21.9. The number of β-amino-alcohol motifs (C(OH)–C–C–N with tert-alkyl or cyclic N) is 1. The average molecular weight is 557 g/mol. The van der Waals surface area contributed by atoms with Gasteiger partial charge >= 0.3 is 12.6 Å². The van der Waals surface area contributed by atoms with Crippen molar-refractivity contribution < 1.29 is 31.8 Å². The van der Waals surface area contributed by atoms with E-state index in [2.05, 4.69) is 20.3 Å². The maximum atomic E-state index is 13.8. The van der Waals surface area contributed by atoms with E-state index in [0.29, 0.717) is 42.9 Å². The minimum absolute atomic E-state index is 0.0513. The van der Waals surface area contributed by atoms with Crippen LogP contribution in [-0.2, 0) is 21.2 Å². The van der Waals surface area contributed by atoms with Gasteiger partial charge in [-0.25, -0.2) is 17.9 Å². The standard InChI is InChI=1S/C24H34F2N6O5S/c1-15-21(13-31(29-15)22(25)26)38(35,36)32-11-16(10-30-6-5-18(33)12-30)7-19-20(32)8-17(9-27-19)28-23(34)37-14-24(2,3)4/h8-9,13,16,18,22,33H,5-7,10-12,14H2,1-4H3,(H,28,34)/t16-,18-/m1/s1. The lowest BCUT2D eigenvalue weighted by atomic mass is 9.97. The van der Waals surface area contributed by atoms with Crippen molar-refractivity contribution in [1.29, 1.82) is 0 Å². The molecule has 2 aromatic heterocycles. The predicted octanol–water partition coefficient (Wildman–Crippen LogP) is 3.01. The molecule has 0 unspecified atom stereocenters. The van der Waals surface area contributed by atoms with Crippen molar-refractivity contribution in [2.45, 2.75) is 58.1 Å². The second-order valence-corrected chi connectivity index (χ2v) is 12.9. The topological polar surface area (TPSA) is 130 Å². The van der Waals surface area contributed by atoms with Crippen LogP contribution in [0, 0.1) is 18.3 Å². The number of aliphatic hydroxyl groups excluding tert-OH is 1. The number of sulfonamides is 1. The number of aryl methyl sites for hydroxylation is 1. The fourth-order valence-corrected chi connectivity index (χ4v) is 6.38. The van der Waals surface area contributed by atoms with Crippen LogP contribution in [0.25, 0.3) is 0 Å². The number of alkyl halides is 2. The van der Waals surface area contributed by atoms with Gasteiger partial charge in [0, 0.05) is 26.2 Å². The summed E-state index contributed by atoms with van der Waals surface area (Å²) in [5, 5.41) is 16.2. The van der Waals surface area contributed by atoms with Gasteiger partial charge in [0.1, 0.15) is 4.90 Å². The number of pyridine rings is 1. The number of carbonyl (C=O) groups is 1. The third-order valence-corrected chi connectivity index (χ3v) is 8.29. The van der Waals surface area contributed by atoms with E-state index >= 15 is 0 Å². The fourth-order valence-electron chi connectivity index (χ4n) is 4.66. The van der Waals surface area contributed by atoms with Crippen molar-refractivity contribution in [2.75, 3.05) is 42.4 Å². The molecule has 2 atom stereocenters. The Labute approximate surface area is 220 Å². The van der Waals surface area contributed by atoms with Crippen LogP contribution in [0.4, 0.5) is 25.0 Å². The van der Waals surface area contributed by atoms with Gasteiger partial charge in [0.15, 0.2) is 0 Å². The van der Waals surface area contributed by atoms with Gasteiger partial charge in [0.25, 0.3) is 10.0 Å². The highest BCUT2D eigenvalue weighted by Crippen LogP contribution is 2.36. The molecule has 4 heterocycles. The van der Waals surface area contributed by atoms with Crippen LogP contribution in [0.2, 0.25) is 0 Å². The maximum Gasteiger partial charge on any atom is 0.411 e. The Morgan fingerprint density at radius 2 is 2.05 bits per heavy atom. The molecular weight excluding hydrogens is 522 g/mol. The summed E-state index contributed by atoms with van der Waals surface area (Å²) in [5.41, 5.74) is 0.697. The number of hydrogen-bond donors (Lipinski definition) is 2. The van der Waals surface area contributed by atoms with Crippen molar-refractivity contribution in [3.63, 3.8) is 0 Å². The Morgan fingerprint density at radius 3 is 2.66 bits per heavy atom. The minimum Gasteiger partial charge on any atom is -0.449 e. The molecule has 1 amide bonds. The normalized spacial score (nSPS) is 20.6. The van der Waals surface area contributed by atoms with Crippen LogP contribution in [-0.4, -0.2) is 78.2 Å². The highest BCUT2D eigenvalue weighted by atomic mass is 32.2. The Kier molecular flexibility index (Phi) is 7.96. The predicted molar refractivity (Wildman–Crippen MR) is 136 cm³/mol. The zero-order chi connectivity index (χ0) is 27.8. The molecule has 1 saturated heterocycles. The van der Waals surface area contributed by atoms with Crippen molar-refractivity contribution in [1.82, 2.24) is 19.7 Å². The van der Waals surface area contributed by atoms with Crippen molar-refractivity contribution in [2.24, 2.45) is 11.3 Å². The molecular formula is C24H34F2N6O5S. The second-order valence-electron chi connectivity index (χ2n) is 11.1. The molecule has 0 aliphatic carbocycles. The van der Waals surface area contributed by atoms with Gasteiger partial charge < -0.3 is 14.7 Å². The van der Waals surface area contributed by atoms with Gasteiger partial charge in [-0.2, -0.15) is 13.9 Å². The van der Waals surface area contributed by atoms with Crippen molar-refractivity contribution in [3.05, 3.63) is 29.8 Å². The summed E-state index contributed by atoms with van der Waals surface area (Å²) in [6, 6.07) is 1.50. The van der Waals surface area contributed by atoms with E-state index in [1.807, 2.05) is 20.8 Å². The van der Waals surface area contributed by atoms with Crippen LogP contribution in [0.3, 0.4) is 0 Å². The number of anilines is 2. The van der Waals surface area contributed by atoms with Crippen molar-refractivity contribution >= 4 is 27.5 Å². The van der Waals surface area contributed by atoms with E-state index in [1.165, 1.54) is 19.2 Å². The largest absolute Gasteiger partial charge is 0.449 e. The summed E-state index contributed by atoms with van der Waals surface area (Å²) < 4.78 is 60.9. The van der Waals surface area contributed by atoms with Gasteiger partial charge in [-0.05, 0) is 37.2 Å². The van der Waals surface area contributed by atoms with E-state index in [9.17, 15) is 27.1 Å². The molecule has 38 heavy (non-hydrogen) atoms. The van der Waals surface area contributed by atoms with Crippen LogP contribution in [0.1, 0.15) is 45.1 Å². The summed E-state index contributed by atoms with van der Waals surface area (Å²) in [4.78, 5) is 18.5. The molecule has 0 saturated carbocycles. The number of rotatable bonds is 7.